The van der Waals surface area contributed by atoms with E-state index in [0.29, 0.717) is 5.58 Å². The van der Waals surface area contributed by atoms with Crippen LogP contribution in [0.3, 0.4) is 0 Å². The van der Waals surface area contributed by atoms with Crippen LogP contribution in [0.1, 0.15) is 17.5 Å². The summed E-state index contributed by atoms with van der Waals surface area (Å²) in [5.74, 6) is -0.506. The van der Waals surface area contributed by atoms with E-state index in [-0.39, 0.29) is 5.76 Å². The van der Waals surface area contributed by atoms with E-state index < -0.39 is 12.1 Å². The smallest absolute Gasteiger partial charge is 0.375 e. The molecule has 1 heterocycles. The maximum atomic E-state index is 11.5. The second kappa shape index (κ2) is 4.07. The standard InChI is InChI=1S/C12H9NO3/c1-8(7-13)15-12(14)11-6-9-4-2-3-5-10(9)16-11/h2-6,8H,1H3/t8-/m0/s1. The Morgan fingerprint density at radius 3 is 2.94 bits per heavy atom. The van der Waals surface area contributed by atoms with E-state index in [0.717, 1.165) is 5.39 Å². The number of carbonyl (C=O) groups is 1. The van der Waals surface area contributed by atoms with Gasteiger partial charge in [-0.3, -0.25) is 0 Å². The quantitative estimate of drug-likeness (QED) is 0.722. The van der Waals surface area contributed by atoms with Crippen molar-refractivity contribution in [2.45, 2.75) is 13.0 Å². The highest BCUT2D eigenvalue weighted by molar-refractivity contribution is 5.92. The number of carbonyl (C=O) groups excluding carboxylic acids is 1. The molecule has 0 unspecified atom stereocenters. The Labute approximate surface area is 92.0 Å². The number of ether oxygens (including phenoxy) is 1. The molecule has 0 saturated carbocycles. The molecular formula is C12H9NO3. The van der Waals surface area contributed by atoms with Crippen LogP contribution in [0.15, 0.2) is 34.7 Å². The fraction of sp³-hybridized carbons (Fsp3) is 0.167. The molecule has 0 amide bonds. The molecule has 0 spiro atoms. The number of nitriles is 1. The van der Waals surface area contributed by atoms with Gasteiger partial charge < -0.3 is 9.15 Å². The minimum absolute atomic E-state index is 0.114. The first-order valence-corrected chi connectivity index (χ1v) is 4.80. The number of nitrogens with zero attached hydrogens (tertiary/aromatic N) is 1. The number of para-hydroxylation sites is 1. The first kappa shape index (κ1) is 10.2. The van der Waals surface area contributed by atoms with Crippen molar-refractivity contribution in [3.8, 4) is 6.07 Å². The summed E-state index contributed by atoms with van der Waals surface area (Å²) < 4.78 is 10.1. The Kier molecular flexibility index (Phi) is 2.61. The zero-order valence-corrected chi connectivity index (χ0v) is 8.64. The van der Waals surface area contributed by atoms with Gasteiger partial charge in [0.1, 0.15) is 11.7 Å². The summed E-state index contributed by atoms with van der Waals surface area (Å²) in [5.41, 5.74) is 0.624. The van der Waals surface area contributed by atoms with Crippen LogP contribution < -0.4 is 0 Å². The van der Waals surface area contributed by atoms with Crippen LogP contribution in [-0.4, -0.2) is 12.1 Å². The lowest BCUT2D eigenvalue weighted by Crippen LogP contribution is -2.12. The number of rotatable bonds is 2. The van der Waals surface area contributed by atoms with E-state index >= 15 is 0 Å². The van der Waals surface area contributed by atoms with Crippen molar-refractivity contribution in [1.29, 1.82) is 5.26 Å². The molecule has 0 aliphatic rings. The summed E-state index contributed by atoms with van der Waals surface area (Å²) in [5, 5.41) is 9.34. The van der Waals surface area contributed by atoms with Gasteiger partial charge in [0.05, 0.1) is 0 Å². The van der Waals surface area contributed by atoms with Crippen LogP contribution in [0.4, 0.5) is 0 Å². The maximum Gasteiger partial charge on any atom is 0.375 e. The van der Waals surface area contributed by atoms with Gasteiger partial charge in [0.2, 0.25) is 5.76 Å². The first-order valence-electron chi connectivity index (χ1n) is 4.80. The average Bonchev–Trinajstić information content (AvgIpc) is 2.72. The molecular weight excluding hydrogens is 206 g/mol. The Hall–Kier alpha value is -2.28. The second-order valence-electron chi connectivity index (χ2n) is 3.33. The fourth-order valence-electron chi connectivity index (χ4n) is 1.33. The topological polar surface area (TPSA) is 63.2 Å². The van der Waals surface area contributed by atoms with Gasteiger partial charge in [0.25, 0.3) is 0 Å². The van der Waals surface area contributed by atoms with Crippen molar-refractivity contribution in [1.82, 2.24) is 0 Å². The molecule has 0 aliphatic heterocycles. The highest BCUT2D eigenvalue weighted by Crippen LogP contribution is 2.19. The Balaban J connectivity index is 2.27. The van der Waals surface area contributed by atoms with E-state index in [4.69, 9.17) is 14.4 Å². The molecule has 4 nitrogen and oxygen atoms in total. The molecule has 80 valence electrons. The van der Waals surface area contributed by atoms with Crippen LogP contribution >= 0.6 is 0 Å². The number of hydrogen-bond donors (Lipinski definition) is 0. The largest absolute Gasteiger partial charge is 0.449 e. The zero-order chi connectivity index (χ0) is 11.5. The van der Waals surface area contributed by atoms with Crippen LogP contribution in [0.5, 0.6) is 0 Å². The Bertz CT molecular complexity index is 532. The Morgan fingerprint density at radius 1 is 1.50 bits per heavy atom. The van der Waals surface area contributed by atoms with Crippen LogP contribution in [-0.2, 0) is 4.74 Å². The fourth-order valence-corrected chi connectivity index (χ4v) is 1.33. The molecule has 0 saturated heterocycles. The molecule has 0 fully saturated rings. The van der Waals surface area contributed by atoms with E-state index in [9.17, 15) is 4.79 Å². The van der Waals surface area contributed by atoms with Crippen LogP contribution in [0.25, 0.3) is 11.0 Å². The molecule has 2 rings (SSSR count). The summed E-state index contributed by atoms with van der Waals surface area (Å²) in [6.07, 6.45) is -0.777. The van der Waals surface area contributed by atoms with Gasteiger partial charge in [-0.15, -0.1) is 0 Å². The number of benzene rings is 1. The van der Waals surface area contributed by atoms with Gasteiger partial charge in [-0.05, 0) is 19.1 Å². The van der Waals surface area contributed by atoms with Crippen molar-refractivity contribution in [3.05, 3.63) is 36.1 Å². The lowest BCUT2D eigenvalue weighted by Gasteiger charge is -2.02. The minimum atomic E-state index is -0.777. The highest BCUT2D eigenvalue weighted by atomic mass is 16.6. The van der Waals surface area contributed by atoms with Crippen molar-refractivity contribution in [2.75, 3.05) is 0 Å². The van der Waals surface area contributed by atoms with Crippen LogP contribution in [0.2, 0.25) is 0 Å². The number of esters is 1. The molecule has 2 aromatic rings. The van der Waals surface area contributed by atoms with Crippen molar-refractivity contribution in [2.24, 2.45) is 0 Å². The molecule has 4 heteroatoms. The van der Waals surface area contributed by atoms with Gasteiger partial charge in [0.15, 0.2) is 6.10 Å². The second-order valence-corrected chi connectivity index (χ2v) is 3.33. The van der Waals surface area contributed by atoms with Gasteiger partial charge in [-0.1, -0.05) is 18.2 Å². The molecule has 1 atom stereocenters. The third kappa shape index (κ3) is 1.89. The number of furan rings is 1. The summed E-state index contributed by atoms with van der Waals surface area (Å²) in [4.78, 5) is 11.5. The maximum absolute atomic E-state index is 11.5. The van der Waals surface area contributed by atoms with E-state index in [2.05, 4.69) is 0 Å². The van der Waals surface area contributed by atoms with Crippen molar-refractivity contribution in [3.63, 3.8) is 0 Å². The van der Waals surface area contributed by atoms with Crippen molar-refractivity contribution < 1.29 is 13.9 Å². The molecule has 1 aromatic carbocycles. The summed E-state index contributed by atoms with van der Waals surface area (Å²) in [6, 6.07) is 10.7. The summed E-state index contributed by atoms with van der Waals surface area (Å²) >= 11 is 0. The Morgan fingerprint density at radius 2 is 2.25 bits per heavy atom. The zero-order valence-electron chi connectivity index (χ0n) is 8.64. The molecule has 0 N–H and O–H groups in total. The van der Waals surface area contributed by atoms with E-state index in [1.807, 2.05) is 24.3 Å². The van der Waals surface area contributed by atoms with E-state index in [1.54, 1.807) is 12.1 Å². The van der Waals surface area contributed by atoms with Gasteiger partial charge in [-0.25, -0.2) is 4.79 Å². The normalized spacial score (nSPS) is 12.0. The SMILES string of the molecule is C[C@@H](C#N)OC(=O)c1cc2ccccc2o1. The highest BCUT2D eigenvalue weighted by Gasteiger charge is 2.15. The monoisotopic (exact) mass is 215 g/mol. The number of hydrogen-bond acceptors (Lipinski definition) is 4. The average molecular weight is 215 g/mol. The predicted octanol–water partition coefficient (Wildman–Crippen LogP) is 2.50. The van der Waals surface area contributed by atoms with Gasteiger partial charge in [-0.2, -0.15) is 5.26 Å². The lowest BCUT2D eigenvalue weighted by atomic mass is 10.2. The number of fused-ring (bicyclic) bond motifs is 1. The van der Waals surface area contributed by atoms with Gasteiger partial charge >= 0.3 is 5.97 Å². The predicted molar refractivity (Wildman–Crippen MR) is 56.7 cm³/mol. The first-order chi connectivity index (χ1) is 7.70. The molecule has 1 aromatic heterocycles. The van der Waals surface area contributed by atoms with E-state index in [1.165, 1.54) is 6.92 Å². The molecule has 16 heavy (non-hydrogen) atoms. The molecule has 0 bridgehead atoms. The molecule has 0 radical (unpaired) electrons. The van der Waals surface area contributed by atoms with Crippen LogP contribution in [0, 0.1) is 11.3 Å². The third-order valence-electron chi connectivity index (χ3n) is 2.09. The minimum Gasteiger partial charge on any atom is -0.449 e. The summed E-state index contributed by atoms with van der Waals surface area (Å²) in [6.45, 7) is 1.50. The molecule has 0 aliphatic carbocycles. The third-order valence-corrected chi connectivity index (χ3v) is 2.09. The summed E-state index contributed by atoms with van der Waals surface area (Å²) in [7, 11) is 0. The van der Waals surface area contributed by atoms with Crippen molar-refractivity contribution >= 4 is 16.9 Å². The lowest BCUT2D eigenvalue weighted by molar-refractivity contribution is 0.0401. The van der Waals surface area contributed by atoms with Gasteiger partial charge in [0, 0.05) is 5.39 Å².